The highest BCUT2D eigenvalue weighted by molar-refractivity contribution is 6.05. The van der Waals surface area contributed by atoms with Gasteiger partial charge in [0.15, 0.2) is 0 Å². The van der Waals surface area contributed by atoms with Gasteiger partial charge in [0, 0.05) is 58.2 Å². The molecule has 7 nitrogen and oxygen atoms in total. The minimum absolute atomic E-state index is 0.0882. The number of hydrogen-bond acceptors (Lipinski definition) is 4. The zero-order valence-electron chi connectivity index (χ0n) is 18.5. The van der Waals surface area contributed by atoms with E-state index in [9.17, 15) is 14.4 Å². The first-order valence-corrected chi connectivity index (χ1v) is 11.7. The largest absolute Gasteiger partial charge is 0.351 e. The van der Waals surface area contributed by atoms with Gasteiger partial charge >= 0.3 is 0 Å². The lowest BCUT2D eigenvalue weighted by Crippen LogP contribution is -2.51. The Bertz CT molecular complexity index is 809. The number of carbonyl (C=O) groups excluding carboxylic acids is 3. The van der Waals surface area contributed by atoms with Crippen molar-refractivity contribution < 1.29 is 14.4 Å². The van der Waals surface area contributed by atoms with E-state index in [2.05, 4.69) is 10.2 Å². The van der Waals surface area contributed by atoms with Gasteiger partial charge in [0.1, 0.15) is 0 Å². The minimum atomic E-state index is -0.152. The fourth-order valence-electron chi connectivity index (χ4n) is 4.73. The minimum Gasteiger partial charge on any atom is -0.351 e. The molecule has 1 N–H and O–H groups in total. The Balaban J connectivity index is 1.23. The lowest BCUT2D eigenvalue weighted by atomic mass is 10.1. The number of hydrogen-bond donors (Lipinski definition) is 1. The molecule has 1 aromatic rings. The molecule has 1 aliphatic heterocycles. The molecule has 3 aliphatic rings. The summed E-state index contributed by atoms with van der Waals surface area (Å²) in [5, 5.41) is 3.00. The van der Waals surface area contributed by atoms with E-state index >= 15 is 0 Å². The van der Waals surface area contributed by atoms with Crippen molar-refractivity contribution in [3.63, 3.8) is 0 Å². The van der Waals surface area contributed by atoms with E-state index in [4.69, 9.17) is 0 Å². The number of carbonyl (C=O) groups is 3. The number of rotatable bonds is 7. The van der Waals surface area contributed by atoms with Crippen LogP contribution in [0, 0.1) is 11.8 Å². The van der Waals surface area contributed by atoms with Crippen molar-refractivity contribution in [1.29, 1.82) is 0 Å². The zero-order valence-corrected chi connectivity index (χ0v) is 18.5. The van der Waals surface area contributed by atoms with Gasteiger partial charge in [-0.05, 0) is 37.8 Å². The number of benzene rings is 1. The third-order valence-electron chi connectivity index (χ3n) is 6.87. The summed E-state index contributed by atoms with van der Waals surface area (Å²) in [6.45, 7) is 4.56. The first-order valence-electron chi connectivity index (χ1n) is 11.7. The van der Waals surface area contributed by atoms with E-state index < -0.39 is 0 Å². The van der Waals surface area contributed by atoms with Gasteiger partial charge in [-0.25, -0.2) is 0 Å². The number of anilines is 1. The quantitative estimate of drug-likeness (QED) is 0.725. The van der Waals surface area contributed by atoms with Crippen molar-refractivity contribution >= 4 is 23.4 Å². The molecular formula is C24H34N4O3. The molecule has 0 aromatic heterocycles. The van der Waals surface area contributed by atoms with E-state index in [1.54, 1.807) is 18.0 Å². The van der Waals surface area contributed by atoms with E-state index in [0.29, 0.717) is 23.7 Å². The van der Waals surface area contributed by atoms with Crippen molar-refractivity contribution in [3.8, 4) is 0 Å². The van der Waals surface area contributed by atoms with Crippen LogP contribution in [0.25, 0.3) is 0 Å². The fraction of sp³-hybridized carbons (Fsp3) is 0.625. The first-order chi connectivity index (χ1) is 15.0. The molecular weight excluding hydrogens is 392 g/mol. The van der Waals surface area contributed by atoms with Crippen molar-refractivity contribution in [2.75, 3.05) is 51.2 Å². The Kier molecular flexibility index (Phi) is 6.90. The summed E-state index contributed by atoms with van der Waals surface area (Å²) in [5.41, 5.74) is 1.20. The van der Waals surface area contributed by atoms with Crippen LogP contribution in [-0.4, -0.2) is 73.8 Å². The summed E-state index contributed by atoms with van der Waals surface area (Å²) >= 11 is 0. The summed E-state index contributed by atoms with van der Waals surface area (Å²) in [5.74, 6) is 0.634. The maximum Gasteiger partial charge on any atom is 0.253 e. The van der Waals surface area contributed by atoms with Gasteiger partial charge < -0.3 is 15.1 Å². The Labute approximate surface area is 184 Å². The van der Waals surface area contributed by atoms with Gasteiger partial charge in [0.25, 0.3) is 5.91 Å². The zero-order chi connectivity index (χ0) is 21.8. The van der Waals surface area contributed by atoms with Crippen LogP contribution in [0.15, 0.2) is 24.3 Å². The topological polar surface area (TPSA) is 73.0 Å². The molecule has 7 heteroatoms. The summed E-state index contributed by atoms with van der Waals surface area (Å²) < 4.78 is 0. The number of nitrogens with one attached hydrogen (secondary N) is 1. The standard InChI is InChI=1S/C24H34N4O3/c1-26(23(30)19-10-11-19)21-9-5-4-8-20(21)22(29)25-12-13-27-14-16-28(17-15-27)24(31)18-6-2-3-7-18/h4-5,8-9,18-19H,2-3,6-7,10-17H2,1H3,(H,25,29). The number of nitrogens with zero attached hydrogens (tertiary/aromatic N) is 3. The second-order valence-electron chi connectivity index (χ2n) is 9.09. The van der Waals surface area contributed by atoms with Crippen molar-refractivity contribution in [3.05, 3.63) is 29.8 Å². The second-order valence-corrected chi connectivity index (χ2v) is 9.09. The van der Waals surface area contributed by atoms with E-state index in [-0.39, 0.29) is 23.7 Å². The molecule has 2 aliphatic carbocycles. The summed E-state index contributed by atoms with van der Waals surface area (Å²) in [7, 11) is 1.75. The molecule has 1 heterocycles. The highest BCUT2D eigenvalue weighted by Crippen LogP contribution is 2.33. The van der Waals surface area contributed by atoms with Gasteiger partial charge in [0.05, 0.1) is 11.3 Å². The lowest BCUT2D eigenvalue weighted by molar-refractivity contribution is -0.137. The number of amides is 3. The highest BCUT2D eigenvalue weighted by atomic mass is 16.2. The molecule has 2 saturated carbocycles. The fourth-order valence-corrected chi connectivity index (χ4v) is 4.73. The average Bonchev–Trinajstić information content (AvgIpc) is 3.51. The van der Waals surface area contributed by atoms with Crippen LogP contribution in [0.2, 0.25) is 0 Å². The van der Waals surface area contributed by atoms with Crippen LogP contribution in [0.3, 0.4) is 0 Å². The SMILES string of the molecule is CN(C(=O)C1CC1)c1ccccc1C(=O)NCCN1CCN(C(=O)C2CCCC2)CC1. The van der Waals surface area contributed by atoms with Crippen LogP contribution in [0.1, 0.15) is 48.9 Å². The van der Waals surface area contributed by atoms with E-state index in [1.165, 1.54) is 12.8 Å². The van der Waals surface area contributed by atoms with Crippen LogP contribution in [-0.2, 0) is 9.59 Å². The summed E-state index contributed by atoms with van der Waals surface area (Å²) in [6.07, 6.45) is 6.35. The summed E-state index contributed by atoms with van der Waals surface area (Å²) in [6, 6.07) is 7.29. The predicted molar refractivity (Wildman–Crippen MR) is 120 cm³/mol. The van der Waals surface area contributed by atoms with E-state index in [1.807, 2.05) is 23.1 Å². The molecule has 3 fully saturated rings. The molecule has 0 spiro atoms. The average molecular weight is 427 g/mol. The number of para-hydroxylation sites is 1. The smallest absolute Gasteiger partial charge is 0.253 e. The predicted octanol–water partition coefficient (Wildman–Crippen LogP) is 2.12. The van der Waals surface area contributed by atoms with Crippen molar-refractivity contribution in [2.24, 2.45) is 11.8 Å². The third kappa shape index (κ3) is 5.26. The van der Waals surface area contributed by atoms with Gasteiger partial charge in [-0.1, -0.05) is 25.0 Å². The van der Waals surface area contributed by atoms with Crippen LogP contribution >= 0.6 is 0 Å². The monoisotopic (exact) mass is 426 g/mol. The van der Waals surface area contributed by atoms with Crippen molar-refractivity contribution in [2.45, 2.75) is 38.5 Å². The molecule has 1 aromatic carbocycles. The Morgan fingerprint density at radius 1 is 0.968 bits per heavy atom. The molecule has 31 heavy (non-hydrogen) atoms. The van der Waals surface area contributed by atoms with Gasteiger partial charge in [0.2, 0.25) is 11.8 Å². The first kappa shape index (κ1) is 21.8. The Morgan fingerprint density at radius 2 is 1.65 bits per heavy atom. The number of piperazine rings is 1. The molecule has 0 atom stereocenters. The van der Waals surface area contributed by atoms with Crippen LogP contribution < -0.4 is 10.2 Å². The maximum atomic E-state index is 12.8. The Hall–Kier alpha value is -2.41. The molecule has 168 valence electrons. The summed E-state index contributed by atoms with van der Waals surface area (Å²) in [4.78, 5) is 43.7. The van der Waals surface area contributed by atoms with Crippen molar-refractivity contribution in [1.82, 2.24) is 15.1 Å². The molecule has 3 amide bonds. The maximum absolute atomic E-state index is 12.8. The normalized spacial score (nSPS) is 20.0. The Morgan fingerprint density at radius 3 is 2.32 bits per heavy atom. The molecule has 0 bridgehead atoms. The van der Waals surface area contributed by atoms with E-state index in [0.717, 1.165) is 58.4 Å². The van der Waals surface area contributed by atoms with Gasteiger partial charge in [-0.15, -0.1) is 0 Å². The third-order valence-corrected chi connectivity index (χ3v) is 6.87. The van der Waals surface area contributed by atoms with Gasteiger partial charge in [-0.3, -0.25) is 19.3 Å². The molecule has 0 radical (unpaired) electrons. The second kappa shape index (κ2) is 9.81. The highest BCUT2D eigenvalue weighted by Gasteiger charge is 2.33. The molecule has 0 unspecified atom stereocenters. The van der Waals surface area contributed by atoms with Crippen LogP contribution in [0.4, 0.5) is 5.69 Å². The van der Waals surface area contributed by atoms with Crippen LogP contribution in [0.5, 0.6) is 0 Å². The van der Waals surface area contributed by atoms with Gasteiger partial charge in [-0.2, -0.15) is 0 Å². The molecule has 1 saturated heterocycles. The lowest BCUT2D eigenvalue weighted by Gasteiger charge is -2.36. The molecule has 4 rings (SSSR count).